The summed E-state index contributed by atoms with van der Waals surface area (Å²) < 4.78 is 5.28. The summed E-state index contributed by atoms with van der Waals surface area (Å²) in [6.07, 6.45) is 0.836. The summed E-state index contributed by atoms with van der Waals surface area (Å²) in [6, 6.07) is 7.16. The van der Waals surface area contributed by atoms with E-state index in [0.717, 1.165) is 5.56 Å². The highest BCUT2D eigenvalue weighted by Gasteiger charge is 2.39. The van der Waals surface area contributed by atoms with E-state index in [1.807, 2.05) is 19.1 Å². The van der Waals surface area contributed by atoms with Crippen molar-refractivity contribution in [1.82, 2.24) is 5.32 Å². The number of benzene rings is 1. The van der Waals surface area contributed by atoms with Crippen molar-refractivity contribution in [2.45, 2.75) is 24.9 Å². The summed E-state index contributed by atoms with van der Waals surface area (Å²) in [7, 11) is 0. The maximum Gasteiger partial charge on any atom is 0.373 e. The van der Waals surface area contributed by atoms with Crippen LogP contribution in [-0.2, 0) is 16.0 Å². The summed E-state index contributed by atoms with van der Waals surface area (Å²) in [6.45, 7) is 1.81. The quantitative estimate of drug-likeness (QED) is 0.663. The molecule has 0 spiro atoms. The van der Waals surface area contributed by atoms with Crippen LogP contribution < -0.4 is 5.32 Å². The van der Waals surface area contributed by atoms with Crippen molar-refractivity contribution in [3.63, 3.8) is 0 Å². The van der Waals surface area contributed by atoms with Crippen LogP contribution in [0, 0.1) is 0 Å². The first-order valence-electron chi connectivity index (χ1n) is 5.80. The van der Waals surface area contributed by atoms with Gasteiger partial charge in [0.1, 0.15) is 0 Å². The van der Waals surface area contributed by atoms with E-state index in [0.29, 0.717) is 23.6 Å². The van der Waals surface area contributed by atoms with E-state index < -0.39 is 11.2 Å². The Bertz CT molecular complexity index is 527. The summed E-state index contributed by atoms with van der Waals surface area (Å²) in [5.41, 5.74) is 1.39. The first-order valence-corrected chi connectivity index (χ1v) is 6.56. The lowest BCUT2D eigenvalue weighted by Crippen LogP contribution is -2.35. The minimum absolute atomic E-state index is 0.133. The van der Waals surface area contributed by atoms with Gasteiger partial charge in [-0.05, 0) is 17.7 Å². The van der Waals surface area contributed by atoms with Crippen LogP contribution in [-0.4, -0.2) is 16.3 Å². The largest absolute Gasteiger partial charge is 0.475 e. The molecule has 0 saturated heterocycles. The molecule has 19 heavy (non-hydrogen) atoms. The van der Waals surface area contributed by atoms with Gasteiger partial charge in [-0.2, -0.15) is 0 Å². The maximum atomic E-state index is 11.2. The molecular weight excluding hydrogens is 289 g/mol. The minimum atomic E-state index is -1.17. The lowest BCUT2D eigenvalue weighted by atomic mass is 10.1. The molecule has 1 aromatic carbocycles. The number of carboxylic acids is 1. The normalized spacial score (nSPS) is 22.1. The summed E-state index contributed by atoms with van der Waals surface area (Å²) in [5.74, 6) is -1.26. The van der Waals surface area contributed by atoms with Gasteiger partial charge in [-0.3, -0.25) is 0 Å². The molecule has 0 aromatic heterocycles. The van der Waals surface area contributed by atoms with Gasteiger partial charge in [0.2, 0.25) is 5.76 Å². The van der Waals surface area contributed by atoms with Crippen LogP contribution in [0.3, 0.4) is 0 Å². The van der Waals surface area contributed by atoms with Gasteiger partial charge >= 0.3 is 5.97 Å². The van der Waals surface area contributed by atoms with Gasteiger partial charge in [-0.1, -0.05) is 42.3 Å². The Morgan fingerprint density at radius 2 is 2.05 bits per heavy atom. The number of halogens is 2. The van der Waals surface area contributed by atoms with Crippen LogP contribution in [0.25, 0.3) is 0 Å². The number of ether oxygens (including phenoxy) is 1. The van der Waals surface area contributed by atoms with Crippen LogP contribution in [0.4, 0.5) is 0 Å². The highest BCUT2D eigenvalue weighted by atomic mass is 35.5. The van der Waals surface area contributed by atoms with Gasteiger partial charge in [-0.25, -0.2) is 4.79 Å². The first-order chi connectivity index (χ1) is 8.93. The molecule has 0 saturated carbocycles. The number of carbonyl (C=O) groups is 1. The Hall–Kier alpha value is -1.39. The number of rotatable bonds is 4. The standard InChI is InChI=1S/C13H13Cl2NO3/c1-2-13(15)16-10(11(19-13)12(17)18)7-8-3-5-9(14)6-4-8/h3-6,16H,2,7H2,1H3,(H,17,18). The molecule has 4 nitrogen and oxygen atoms in total. The van der Waals surface area contributed by atoms with E-state index in [1.54, 1.807) is 12.1 Å². The molecule has 2 rings (SSSR count). The first kappa shape index (κ1) is 14.0. The third kappa shape index (κ3) is 3.14. The Balaban J connectivity index is 2.23. The average molecular weight is 302 g/mol. The van der Waals surface area contributed by atoms with Gasteiger partial charge in [-0.15, -0.1) is 0 Å². The third-order valence-corrected chi connectivity index (χ3v) is 3.51. The van der Waals surface area contributed by atoms with E-state index in [4.69, 9.17) is 33.0 Å². The number of nitrogens with one attached hydrogen (secondary N) is 1. The van der Waals surface area contributed by atoms with Gasteiger partial charge in [0.25, 0.3) is 5.18 Å². The van der Waals surface area contributed by atoms with Crippen molar-refractivity contribution in [3.05, 3.63) is 46.3 Å². The molecule has 102 valence electrons. The van der Waals surface area contributed by atoms with E-state index in [1.165, 1.54) is 0 Å². The number of hydrogen-bond donors (Lipinski definition) is 2. The van der Waals surface area contributed by atoms with Crippen LogP contribution in [0.2, 0.25) is 5.02 Å². The number of alkyl halides is 1. The number of carboxylic acid groups (broad SMARTS) is 1. The Labute approximate surface area is 121 Å². The summed E-state index contributed by atoms with van der Waals surface area (Å²) in [5, 5.41) is 11.5. The monoisotopic (exact) mass is 301 g/mol. The van der Waals surface area contributed by atoms with Crippen molar-refractivity contribution >= 4 is 29.2 Å². The Morgan fingerprint density at radius 3 is 2.58 bits per heavy atom. The Morgan fingerprint density at radius 1 is 1.42 bits per heavy atom. The molecule has 2 N–H and O–H groups in total. The molecular formula is C13H13Cl2NO3. The van der Waals surface area contributed by atoms with Gasteiger partial charge in [0.05, 0.1) is 5.70 Å². The van der Waals surface area contributed by atoms with E-state index in [9.17, 15) is 4.79 Å². The smallest absolute Gasteiger partial charge is 0.373 e. The highest BCUT2D eigenvalue weighted by molar-refractivity contribution is 6.30. The zero-order valence-corrected chi connectivity index (χ0v) is 11.8. The van der Waals surface area contributed by atoms with Crippen molar-refractivity contribution in [1.29, 1.82) is 0 Å². The predicted octanol–water partition coefficient (Wildman–Crippen LogP) is 3.10. The molecule has 0 radical (unpaired) electrons. The topological polar surface area (TPSA) is 58.6 Å². The molecule has 0 aliphatic carbocycles. The van der Waals surface area contributed by atoms with Crippen LogP contribution in [0.1, 0.15) is 18.9 Å². The van der Waals surface area contributed by atoms with Crippen molar-refractivity contribution in [3.8, 4) is 0 Å². The molecule has 0 bridgehead atoms. The Kier molecular flexibility index (Phi) is 3.92. The van der Waals surface area contributed by atoms with Gasteiger partial charge in [0.15, 0.2) is 0 Å². The van der Waals surface area contributed by atoms with Crippen LogP contribution in [0.5, 0.6) is 0 Å². The predicted molar refractivity (Wildman–Crippen MR) is 72.9 cm³/mol. The van der Waals surface area contributed by atoms with Gasteiger partial charge < -0.3 is 15.2 Å². The van der Waals surface area contributed by atoms with Crippen molar-refractivity contribution in [2.75, 3.05) is 0 Å². The zero-order valence-electron chi connectivity index (χ0n) is 10.2. The zero-order chi connectivity index (χ0) is 14.0. The fraction of sp³-hybridized carbons (Fsp3) is 0.308. The molecule has 1 atom stereocenters. The molecule has 1 heterocycles. The fourth-order valence-corrected chi connectivity index (χ4v) is 2.11. The summed E-state index contributed by atoms with van der Waals surface area (Å²) >= 11 is 11.9. The van der Waals surface area contributed by atoms with Crippen LogP contribution in [0.15, 0.2) is 35.7 Å². The molecule has 0 fully saturated rings. The molecule has 0 amide bonds. The fourth-order valence-electron chi connectivity index (χ4n) is 1.80. The second kappa shape index (κ2) is 5.31. The van der Waals surface area contributed by atoms with Gasteiger partial charge in [0, 0.05) is 17.9 Å². The SMILES string of the molecule is CCC1(Cl)NC(Cc2ccc(Cl)cc2)=C(C(=O)O)O1. The summed E-state index contributed by atoms with van der Waals surface area (Å²) in [4.78, 5) is 11.2. The minimum Gasteiger partial charge on any atom is -0.475 e. The second-order valence-corrected chi connectivity index (χ2v) is 5.27. The number of allylic oxidation sites excluding steroid dienone is 1. The molecule has 1 unspecified atom stereocenters. The van der Waals surface area contributed by atoms with E-state index in [-0.39, 0.29) is 5.76 Å². The molecule has 6 heteroatoms. The van der Waals surface area contributed by atoms with Crippen molar-refractivity contribution < 1.29 is 14.6 Å². The second-order valence-electron chi connectivity index (χ2n) is 4.23. The lowest BCUT2D eigenvalue weighted by molar-refractivity contribution is -0.137. The molecule has 1 aliphatic heterocycles. The van der Waals surface area contributed by atoms with E-state index in [2.05, 4.69) is 5.32 Å². The molecule has 1 aromatic rings. The molecule has 1 aliphatic rings. The van der Waals surface area contributed by atoms with Crippen molar-refractivity contribution in [2.24, 2.45) is 0 Å². The lowest BCUT2D eigenvalue weighted by Gasteiger charge is -2.20. The average Bonchev–Trinajstić information content (AvgIpc) is 2.71. The highest BCUT2D eigenvalue weighted by Crippen LogP contribution is 2.32. The third-order valence-electron chi connectivity index (χ3n) is 2.82. The van der Waals surface area contributed by atoms with Crippen LogP contribution >= 0.6 is 23.2 Å². The number of aliphatic carboxylic acids is 1. The maximum absolute atomic E-state index is 11.2. The number of hydrogen-bond acceptors (Lipinski definition) is 3. The van der Waals surface area contributed by atoms with E-state index >= 15 is 0 Å².